The van der Waals surface area contributed by atoms with Gasteiger partial charge in [-0.15, -0.1) is 11.3 Å². The fraction of sp³-hybridized carbons (Fsp3) is 0.333. The molecule has 2 amide bonds. The van der Waals surface area contributed by atoms with E-state index in [9.17, 15) is 14.0 Å². The van der Waals surface area contributed by atoms with E-state index in [1.807, 2.05) is 17.5 Å². The van der Waals surface area contributed by atoms with E-state index in [0.29, 0.717) is 12.2 Å². The van der Waals surface area contributed by atoms with Crippen molar-refractivity contribution < 1.29 is 14.0 Å². The van der Waals surface area contributed by atoms with Gasteiger partial charge in [0.05, 0.1) is 12.5 Å². The monoisotopic (exact) mass is 346 g/mol. The van der Waals surface area contributed by atoms with Crippen molar-refractivity contribution in [1.29, 1.82) is 0 Å². The second kappa shape index (κ2) is 7.13. The van der Waals surface area contributed by atoms with Gasteiger partial charge in [0.2, 0.25) is 11.8 Å². The Hall–Kier alpha value is -2.21. The van der Waals surface area contributed by atoms with Gasteiger partial charge in [0, 0.05) is 24.0 Å². The van der Waals surface area contributed by atoms with Gasteiger partial charge in [0.25, 0.3) is 0 Å². The van der Waals surface area contributed by atoms with E-state index >= 15 is 0 Å². The van der Waals surface area contributed by atoms with Gasteiger partial charge in [-0.1, -0.05) is 12.1 Å². The summed E-state index contributed by atoms with van der Waals surface area (Å²) in [7, 11) is 0. The van der Waals surface area contributed by atoms with Gasteiger partial charge in [0.15, 0.2) is 0 Å². The quantitative estimate of drug-likeness (QED) is 0.922. The van der Waals surface area contributed by atoms with E-state index in [1.165, 1.54) is 30.4 Å². The number of nitrogens with zero attached hydrogens (tertiary/aromatic N) is 1. The third kappa shape index (κ3) is 3.64. The van der Waals surface area contributed by atoms with Crippen molar-refractivity contribution in [3.05, 3.63) is 52.0 Å². The van der Waals surface area contributed by atoms with Crippen LogP contribution in [0, 0.1) is 5.82 Å². The highest BCUT2D eigenvalue weighted by molar-refractivity contribution is 7.10. The molecule has 0 bridgehead atoms. The number of carbonyl (C=O) groups excluding carboxylic acids is 2. The number of benzene rings is 1. The minimum Gasteiger partial charge on any atom is -0.348 e. The van der Waals surface area contributed by atoms with Crippen LogP contribution in [0.15, 0.2) is 35.7 Å². The third-order valence-electron chi connectivity index (χ3n) is 4.11. The summed E-state index contributed by atoms with van der Waals surface area (Å²) in [5.41, 5.74) is 1.64. The van der Waals surface area contributed by atoms with Crippen molar-refractivity contribution in [3.8, 4) is 0 Å². The largest absolute Gasteiger partial charge is 0.348 e. The molecule has 0 unspecified atom stereocenters. The Balaban J connectivity index is 1.81. The zero-order valence-corrected chi connectivity index (χ0v) is 14.2. The number of aryl methyl sites for hydroxylation is 1. The van der Waals surface area contributed by atoms with E-state index in [0.717, 1.165) is 23.3 Å². The molecule has 1 aliphatic rings. The van der Waals surface area contributed by atoms with Crippen molar-refractivity contribution >= 4 is 28.8 Å². The van der Waals surface area contributed by atoms with Crippen LogP contribution in [0.3, 0.4) is 0 Å². The van der Waals surface area contributed by atoms with E-state index in [2.05, 4.69) is 5.32 Å². The van der Waals surface area contributed by atoms with Crippen LogP contribution in [0.1, 0.15) is 36.2 Å². The molecule has 0 aliphatic carbocycles. The molecule has 2 aromatic rings. The van der Waals surface area contributed by atoms with E-state index < -0.39 is 0 Å². The van der Waals surface area contributed by atoms with E-state index in [-0.39, 0.29) is 30.1 Å². The number of nitrogens with one attached hydrogen (secondary N) is 1. The summed E-state index contributed by atoms with van der Waals surface area (Å²) in [6.07, 6.45) is 1.86. The van der Waals surface area contributed by atoms with Gasteiger partial charge < -0.3 is 10.2 Å². The maximum absolute atomic E-state index is 13.6. The Kier molecular flexibility index (Phi) is 4.94. The van der Waals surface area contributed by atoms with Gasteiger partial charge in [0.1, 0.15) is 5.82 Å². The molecule has 0 radical (unpaired) electrons. The van der Waals surface area contributed by atoms with E-state index in [1.54, 1.807) is 11.0 Å². The van der Waals surface area contributed by atoms with Crippen LogP contribution in [0.2, 0.25) is 0 Å². The Labute approximate surface area is 144 Å². The van der Waals surface area contributed by atoms with Crippen LogP contribution in [0.4, 0.5) is 10.1 Å². The second-order valence-electron chi connectivity index (χ2n) is 5.89. The molecule has 3 rings (SSSR count). The zero-order chi connectivity index (χ0) is 17.1. The molecule has 0 saturated heterocycles. The Morgan fingerprint density at radius 3 is 2.92 bits per heavy atom. The summed E-state index contributed by atoms with van der Waals surface area (Å²) < 4.78 is 13.6. The van der Waals surface area contributed by atoms with Gasteiger partial charge in [-0.2, -0.15) is 0 Å². The first-order valence-electron chi connectivity index (χ1n) is 7.94. The zero-order valence-electron chi connectivity index (χ0n) is 13.4. The lowest BCUT2D eigenvalue weighted by atomic mass is 10.0. The fourth-order valence-corrected chi connectivity index (χ4v) is 3.83. The third-order valence-corrected chi connectivity index (χ3v) is 5.10. The molecule has 0 fully saturated rings. The minimum absolute atomic E-state index is 0.103. The van der Waals surface area contributed by atoms with Crippen molar-refractivity contribution in [2.75, 3.05) is 11.4 Å². The van der Waals surface area contributed by atoms with Crippen LogP contribution in [-0.2, 0) is 16.0 Å². The molecule has 1 aromatic heterocycles. The predicted octanol–water partition coefficient (Wildman–Crippen LogP) is 3.43. The number of hydrogen-bond acceptors (Lipinski definition) is 3. The van der Waals surface area contributed by atoms with Gasteiger partial charge in [-0.25, -0.2) is 4.39 Å². The first kappa shape index (κ1) is 16.6. The summed E-state index contributed by atoms with van der Waals surface area (Å²) in [5, 5.41) is 4.75. The molecular formula is C18H19FN2O2S. The molecule has 1 aliphatic heterocycles. The SMILES string of the molecule is CC(=O)N[C@@H](CC(=O)N1CCCc2ccc(F)cc21)c1cccs1. The molecule has 1 N–H and O–H groups in total. The van der Waals surface area contributed by atoms with Crippen LogP contribution in [0.5, 0.6) is 0 Å². The van der Waals surface area contributed by atoms with Crippen LogP contribution in [-0.4, -0.2) is 18.4 Å². The van der Waals surface area contributed by atoms with Crippen LogP contribution >= 0.6 is 11.3 Å². The molecule has 0 saturated carbocycles. The Morgan fingerprint density at radius 1 is 1.38 bits per heavy atom. The van der Waals surface area contributed by atoms with Crippen molar-refractivity contribution in [2.45, 2.75) is 32.2 Å². The first-order chi connectivity index (χ1) is 11.5. The lowest BCUT2D eigenvalue weighted by Gasteiger charge is -2.30. The molecule has 24 heavy (non-hydrogen) atoms. The smallest absolute Gasteiger partial charge is 0.229 e. The number of rotatable bonds is 4. The molecule has 6 heteroatoms. The number of amides is 2. The summed E-state index contributed by atoms with van der Waals surface area (Å²) in [6.45, 7) is 2.02. The maximum Gasteiger partial charge on any atom is 0.229 e. The molecule has 126 valence electrons. The second-order valence-corrected chi connectivity index (χ2v) is 6.87. The average Bonchev–Trinajstić information content (AvgIpc) is 3.07. The lowest BCUT2D eigenvalue weighted by Crippen LogP contribution is -2.38. The summed E-state index contributed by atoms with van der Waals surface area (Å²) in [4.78, 5) is 26.9. The number of fused-ring (bicyclic) bond motifs is 1. The highest BCUT2D eigenvalue weighted by Gasteiger charge is 2.26. The van der Waals surface area contributed by atoms with E-state index in [4.69, 9.17) is 0 Å². The van der Waals surface area contributed by atoms with Gasteiger partial charge in [-0.05, 0) is 42.0 Å². The minimum atomic E-state index is -0.353. The van der Waals surface area contributed by atoms with Gasteiger partial charge in [-0.3, -0.25) is 9.59 Å². The number of carbonyl (C=O) groups is 2. The Bertz CT molecular complexity index is 745. The summed E-state index contributed by atoms with van der Waals surface area (Å²) in [6, 6.07) is 8.04. The normalized spacial score (nSPS) is 14.8. The molecule has 0 spiro atoms. The number of anilines is 1. The number of hydrogen-bond donors (Lipinski definition) is 1. The molecule has 4 nitrogen and oxygen atoms in total. The van der Waals surface area contributed by atoms with Crippen molar-refractivity contribution in [2.24, 2.45) is 0 Å². The molecule has 2 heterocycles. The highest BCUT2D eigenvalue weighted by atomic mass is 32.1. The Morgan fingerprint density at radius 2 is 2.21 bits per heavy atom. The standard InChI is InChI=1S/C18H19FN2O2S/c1-12(22)20-15(17-5-3-9-24-17)11-18(23)21-8-2-4-13-6-7-14(19)10-16(13)21/h3,5-7,9-10,15H,2,4,8,11H2,1H3,(H,20,22)/t15-/m0/s1. The van der Waals surface area contributed by atoms with Crippen LogP contribution < -0.4 is 10.2 Å². The van der Waals surface area contributed by atoms with Crippen molar-refractivity contribution in [1.82, 2.24) is 5.32 Å². The molecular weight excluding hydrogens is 327 g/mol. The summed E-state index contributed by atoms with van der Waals surface area (Å²) >= 11 is 1.50. The number of thiophene rings is 1. The average molecular weight is 346 g/mol. The van der Waals surface area contributed by atoms with Gasteiger partial charge >= 0.3 is 0 Å². The predicted molar refractivity (Wildman–Crippen MR) is 92.6 cm³/mol. The first-order valence-corrected chi connectivity index (χ1v) is 8.82. The molecule has 1 aromatic carbocycles. The fourth-order valence-electron chi connectivity index (χ4n) is 3.05. The summed E-state index contributed by atoms with van der Waals surface area (Å²) in [5.74, 6) is -0.620. The highest BCUT2D eigenvalue weighted by Crippen LogP contribution is 2.30. The topological polar surface area (TPSA) is 49.4 Å². The lowest BCUT2D eigenvalue weighted by molar-refractivity contribution is -0.121. The maximum atomic E-state index is 13.6. The number of halogens is 1. The van der Waals surface area contributed by atoms with Crippen LogP contribution in [0.25, 0.3) is 0 Å². The van der Waals surface area contributed by atoms with Crippen molar-refractivity contribution in [3.63, 3.8) is 0 Å². The molecule has 1 atom stereocenters.